The maximum Gasteiger partial charge on any atom is 0.244 e. The van der Waals surface area contributed by atoms with Crippen molar-refractivity contribution in [3.8, 4) is 0 Å². The van der Waals surface area contributed by atoms with Gasteiger partial charge in [0.25, 0.3) is 0 Å². The predicted octanol–water partition coefficient (Wildman–Crippen LogP) is -1.14. The van der Waals surface area contributed by atoms with Crippen LogP contribution in [0.3, 0.4) is 0 Å². The number of hydrogen-bond acceptors (Lipinski definition) is 4. The fourth-order valence-electron chi connectivity index (χ4n) is 1.55. The molecule has 6 nitrogen and oxygen atoms in total. The highest BCUT2D eigenvalue weighted by Crippen LogP contribution is 2.03. The first-order chi connectivity index (χ1) is 7.45. The van der Waals surface area contributed by atoms with Crippen LogP contribution < -0.4 is 10.6 Å². The summed E-state index contributed by atoms with van der Waals surface area (Å²) in [7, 11) is 1.69. The molecular weight excluding hydrogens is 210 g/mol. The van der Waals surface area contributed by atoms with E-state index in [0.717, 1.165) is 0 Å². The van der Waals surface area contributed by atoms with E-state index in [2.05, 4.69) is 10.6 Å². The molecular formula is C10H17N3O3. The third kappa shape index (κ3) is 2.79. The Balaban J connectivity index is 2.51. The van der Waals surface area contributed by atoms with Crippen LogP contribution in [0, 0.1) is 0 Å². The monoisotopic (exact) mass is 227 g/mol. The zero-order chi connectivity index (χ0) is 12.3. The number of imide groups is 1. The molecule has 16 heavy (non-hydrogen) atoms. The lowest BCUT2D eigenvalue weighted by atomic mass is 10.2. The smallest absolute Gasteiger partial charge is 0.244 e. The van der Waals surface area contributed by atoms with Gasteiger partial charge in [0.05, 0.1) is 18.5 Å². The molecule has 0 aromatic carbocycles. The van der Waals surface area contributed by atoms with Gasteiger partial charge in [0.1, 0.15) is 0 Å². The van der Waals surface area contributed by atoms with Gasteiger partial charge in [0.15, 0.2) is 0 Å². The highest BCUT2D eigenvalue weighted by atomic mass is 16.2. The quantitative estimate of drug-likeness (QED) is 0.595. The van der Waals surface area contributed by atoms with Crippen LogP contribution >= 0.6 is 0 Å². The van der Waals surface area contributed by atoms with Crippen LogP contribution in [0.4, 0.5) is 0 Å². The lowest BCUT2D eigenvalue weighted by Gasteiger charge is -2.22. The van der Waals surface area contributed by atoms with Crippen molar-refractivity contribution in [2.75, 3.05) is 13.6 Å². The molecule has 0 saturated carbocycles. The van der Waals surface area contributed by atoms with E-state index in [9.17, 15) is 14.4 Å². The minimum Gasteiger partial charge on any atom is -0.345 e. The maximum atomic E-state index is 11.7. The number of carbonyl (C=O) groups is 3. The fourth-order valence-corrected chi connectivity index (χ4v) is 1.55. The van der Waals surface area contributed by atoms with Crippen LogP contribution in [0.2, 0.25) is 0 Å². The molecule has 0 radical (unpaired) electrons. The molecule has 2 atom stereocenters. The summed E-state index contributed by atoms with van der Waals surface area (Å²) in [4.78, 5) is 35.5. The van der Waals surface area contributed by atoms with E-state index in [1.54, 1.807) is 18.9 Å². The molecule has 1 rings (SSSR count). The molecule has 90 valence electrons. The maximum absolute atomic E-state index is 11.7. The van der Waals surface area contributed by atoms with Crippen LogP contribution in [0.25, 0.3) is 0 Å². The van der Waals surface area contributed by atoms with Gasteiger partial charge in [-0.15, -0.1) is 0 Å². The second-order valence-electron chi connectivity index (χ2n) is 3.91. The molecule has 0 bridgehead atoms. The van der Waals surface area contributed by atoms with E-state index in [4.69, 9.17) is 0 Å². The molecule has 1 aliphatic rings. The Morgan fingerprint density at radius 3 is 2.69 bits per heavy atom. The number of nitrogens with one attached hydrogen (secondary N) is 2. The normalized spacial score (nSPS) is 21.8. The minimum atomic E-state index is -0.586. The minimum absolute atomic E-state index is 0.0883. The average molecular weight is 227 g/mol. The highest BCUT2D eigenvalue weighted by molar-refractivity contribution is 6.05. The van der Waals surface area contributed by atoms with Crippen molar-refractivity contribution in [1.82, 2.24) is 15.5 Å². The Kier molecular flexibility index (Phi) is 4.00. The van der Waals surface area contributed by atoms with Crippen LogP contribution in [0.5, 0.6) is 0 Å². The fraction of sp³-hybridized carbons (Fsp3) is 0.700. The molecule has 1 heterocycles. The van der Waals surface area contributed by atoms with E-state index in [1.807, 2.05) is 6.92 Å². The van der Waals surface area contributed by atoms with E-state index in [0.29, 0.717) is 6.54 Å². The van der Waals surface area contributed by atoms with Gasteiger partial charge in [-0.3, -0.25) is 25.0 Å². The van der Waals surface area contributed by atoms with Crippen molar-refractivity contribution >= 4 is 17.7 Å². The summed E-state index contributed by atoms with van der Waals surface area (Å²) in [5.41, 5.74) is 0. The van der Waals surface area contributed by atoms with Crippen molar-refractivity contribution in [3.63, 3.8) is 0 Å². The molecule has 2 N–H and O–H groups in total. The molecule has 2 unspecified atom stereocenters. The van der Waals surface area contributed by atoms with Crippen LogP contribution in [0.1, 0.15) is 20.3 Å². The Hall–Kier alpha value is -1.43. The third-order valence-electron chi connectivity index (χ3n) is 2.64. The van der Waals surface area contributed by atoms with Gasteiger partial charge in [-0.25, -0.2) is 0 Å². The van der Waals surface area contributed by atoms with Gasteiger partial charge in [-0.1, -0.05) is 0 Å². The first-order valence-corrected chi connectivity index (χ1v) is 5.30. The molecule has 0 spiro atoms. The first kappa shape index (κ1) is 12.6. The molecule has 1 saturated heterocycles. The number of carbonyl (C=O) groups excluding carboxylic acids is 3. The molecule has 0 aliphatic carbocycles. The van der Waals surface area contributed by atoms with Crippen molar-refractivity contribution < 1.29 is 14.4 Å². The topological polar surface area (TPSA) is 78.5 Å². The van der Waals surface area contributed by atoms with E-state index < -0.39 is 12.1 Å². The van der Waals surface area contributed by atoms with Crippen molar-refractivity contribution in [1.29, 1.82) is 0 Å². The van der Waals surface area contributed by atoms with Gasteiger partial charge >= 0.3 is 0 Å². The summed E-state index contributed by atoms with van der Waals surface area (Å²) >= 11 is 0. The summed E-state index contributed by atoms with van der Waals surface area (Å²) in [6.45, 7) is 4.17. The number of rotatable bonds is 4. The van der Waals surface area contributed by atoms with Gasteiger partial charge in [0.2, 0.25) is 17.7 Å². The molecule has 3 amide bonds. The third-order valence-corrected chi connectivity index (χ3v) is 2.64. The summed E-state index contributed by atoms with van der Waals surface area (Å²) in [6.07, 6.45) is 0.103. The van der Waals surface area contributed by atoms with Gasteiger partial charge in [-0.05, 0) is 13.8 Å². The Morgan fingerprint density at radius 2 is 2.25 bits per heavy atom. The molecule has 1 fully saturated rings. The number of nitrogens with zero attached hydrogens (tertiary/aromatic N) is 1. The van der Waals surface area contributed by atoms with Gasteiger partial charge in [0, 0.05) is 13.6 Å². The summed E-state index contributed by atoms with van der Waals surface area (Å²) < 4.78 is 0. The van der Waals surface area contributed by atoms with Crippen LogP contribution in [-0.2, 0) is 14.4 Å². The lowest BCUT2D eigenvalue weighted by Crippen LogP contribution is -2.49. The standard InChI is InChI=1S/C10H17N3O3/c1-4-13(3)10(16)6(2)11-7-5-8(14)12-9(7)15/h6-7,11H,4-5H2,1-3H3,(H,12,14,15). The highest BCUT2D eigenvalue weighted by Gasteiger charge is 2.32. The van der Waals surface area contributed by atoms with E-state index >= 15 is 0 Å². The predicted molar refractivity (Wildman–Crippen MR) is 57.5 cm³/mol. The van der Waals surface area contributed by atoms with Crippen LogP contribution in [0.15, 0.2) is 0 Å². The summed E-state index contributed by atoms with van der Waals surface area (Å²) in [5, 5.41) is 5.04. The molecule has 6 heteroatoms. The van der Waals surface area contributed by atoms with Crippen molar-refractivity contribution in [3.05, 3.63) is 0 Å². The number of likely N-dealkylation sites (N-methyl/N-ethyl adjacent to an activating group) is 1. The van der Waals surface area contributed by atoms with E-state index in [-0.39, 0.29) is 24.1 Å². The Labute approximate surface area is 94.4 Å². The first-order valence-electron chi connectivity index (χ1n) is 5.30. The van der Waals surface area contributed by atoms with Crippen molar-refractivity contribution in [2.45, 2.75) is 32.4 Å². The summed E-state index contributed by atoms with van der Waals surface area (Å²) in [6, 6.07) is -1.05. The Bertz CT molecular complexity index is 316. The largest absolute Gasteiger partial charge is 0.345 e. The van der Waals surface area contributed by atoms with Crippen molar-refractivity contribution in [2.24, 2.45) is 0 Å². The van der Waals surface area contributed by atoms with E-state index in [1.165, 1.54) is 0 Å². The van der Waals surface area contributed by atoms with Crippen LogP contribution in [-0.4, -0.2) is 48.3 Å². The molecule has 0 aromatic rings. The SMILES string of the molecule is CCN(C)C(=O)C(C)NC1CC(=O)NC1=O. The zero-order valence-corrected chi connectivity index (χ0v) is 9.74. The van der Waals surface area contributed by atoms with Gasteiger partial charge < -0.3 is 4.90 Å². The number of hydrogen-bond donors (Lipinski definition) is 2. The lowest BCUT2D eigenvalue weighted by molar-refractivity contribution is -0.132. The second-order valence-corrected chi connectivity index (χ2v) is 3.91. The molecule has 1 aliphatic heterocycles. The van der Waals surface area contributed by atoms with Gasteiger partial charge in [-0.2, -0.15) is 0 Å². The molecule has 0 aromatic heterocycles. The Morgan fingerprint density at radius 1 is 1.62 bits per heavy atom. The summed E-state index contributed by atoms with van der Waals surface area (Å²) in [5.74, 6) is -0.746. The zero-order valence-electron chi connectivity index (χ0n) is 9.74. The second kappa shape index (κ2) is 5.07. The number of amides is 3. The average Bonchev–Trinajstić information content (AvgIpc) is 2.55.